The Labute approximate surface area is 185 Å². The third kappa shape index (κ3) is 46.5. The summed E-state index contributed by atoms with van der Waals surface area (Å²) >= 11 is 0. The molecule has 0 aromatic carbocycles. The maximum Gasteiger partial charge on any atom is 4.00 e. The molecule has 0 heterocycles. The van der Waals surface area contributed by atoms with Crippen molar-refractivity contribution in [3.63, 3.8) is 0 Å². The van der Waals surface area contributed by atoms with Crippen LogP contribution in [0, 0.1) is 24.3 Å². The van der Waals surface area contributed by atoms with Crippen LogP contribution in [0.5, 0.6) is 0 Å². The van der Waals surface area contributed by atoms with Gasteiger partial charge in [-0.15, -0.1) is 0 Å². The molecule has 0 bridgehead atoms. The molecular weight excluding hydrogens is 376 g/mol. The molecule has 158 valence electrons. The average Bonchev–Trinajstić information content (AvgIpc) is 2.37. The van der Waals surface area contributed by atoms with E-state index in [9.17, 15) is 10.2 Å². The summed E-state index contributed by atoms with van der Waals surface area (Å²) in [6.45, 7) is 19.0. The molecule has 0 aliphatic heterocycles. The van der Waals surface area contributed by atoms with Crippen molar-refractivity contribution in [2.24, 2.45) is 11.8 Å². The van der Waals surface area contributed by atoms with E-state index >= 15 is 0 Å². The molecule has 0 saturated heterocycles. The monoisotopic (exact) mass is 420 g/mol. The SMILES string of the molecule is CC(C)[C]([O])[N]C(C)(C)C.CC(C)[C]([O])[N]C(C)(C)C.C[N-]C.C[N-]C.[Ti+4]. The quantitative estimate of drug-likeness (QED) is 0.561. The van der Waals surface area contributed by atoms with Gasteiger partial charge in [-0.05, 0) is 41.5 Å². The summed E-state index contributed by atoms with van der Waals surface area (Å²) in [5, 5.41) is 36.9. The van der Waals surface area contributed by atoms with Gasteiger partial charge in [0.05, 0.1) is 0 Å². The van der Waals surface area contributed by atoms with Gasteiger partial charge in [-0.25, -0.2) is 10.2 Å². The maximum absolute atomic E-state index is 11.0. The molecule has 0 aliphatic carbocycles. The molecule has 6 nitrogen and oxygen atoms in total. The van der Waals surface area contributed by atoms with Crippen molar-refractivity contribution < 1.29 is 31.9 Å². The molecule has 0 saturated carbocycles. The average molecular weight is 420 g/mol. The van der Waals surface area contributed by atoms with Gasteiger partial charge < -0.3 is 10.6 Å². The fourth-order valence-electron chi connectivity index (χ4n) is 0.919. The minimum atomic E-state index is -0.221. The second-order valence-corrected chi connectivity index (χ2v) is 8.45. The Kier molecular flexibility index (Phi) is 29.9. The number of nitrogens with zero attached hydrogens (tertiary/aromatic N) is 4. The zero-order valence-electron chi connectivity index (χ0n) is 20.3. The van der Waals surface area contributed by atoms with E-state index in [-0.39, 0.29) is 57.1 Å². The fraction of sp³-hybridized carbons (Fsp3) is 0.900. The minimum Gasteiger partial charge on any atom is -0.668 e. The molecule has 6 radical (unpaired) electrons. The fourth-order valence-corrected chi connectivity index (χ4v) is 0.919. The molecule has 0 aromatic heterocycles. The summed E-state index contributed by atoms with van der Waals surface area (Å²) in [6, 6.07) is 0. The van der Waals surface area contributed by atoms with E-state index in [2.05, 4.69) is 21.3 Å². The Morgan fingerprint density at radius 2 is 0.778 bits per heavy atom. The summed E-state index contributed by atoms with van der Waals surface area (Å²) in [5.74, 6) is 0.0541. The van der Waals surface area contributed by atoms with E-state index in [1.54, 1.807) is 28.2 Å². The zero-order chi connectivity index (χ0) is 22.1. The van der Waals surface area contributed by atoms with Crippen LogP contribution in [0.4, 0.5) is 0 Å². The van der Waals surface area contributed by atoms with Gasteiger partial charge in [0.2, 0.25) is 12.5 Å². The maximum atomic E-state index is 11.0. The van der Waals surface area contributed by atoms with Crippen LogP contribution in [0.15, 0.2) is 0 Å². The second-order valence-electron chi connectivity index (χ2n) is 8.45. The normalized spacial score (nSPS) is 11.1. The predicted molar refractivity (Wildman–Crippen MR) is 112 cm³/mol. The largest absolute Gasteiger partial charge is 4.00 e. The summed E-state index contributed by atoms with van der Waals surface area (Å²) in [6.07, 6.45) is -0.0139. The van der Waals surface area contributed by atoms with Crippen molar-refractivity contribution in [1.29, 1.82) is 0 Å². The molecule has 0 N–H and O–H groups in total. The predicted octanol–water partition coefficient (Wildman–Crippen LogP) is 5.17. The first kappa shape index (κ1) is 38.1. The van der Waals surface area contributed by atoms with E-state index in [1.165, 1.54) is 0 Å². The molecule has 7 heteroatoms. The molecule has 0 amide bonds. The van der Waals surface area contributed by atoms with Gasteiger partial charge in [0.25, 0.3) is 0 Å². The first-order chi connectivity index (χ1) is 11.5. The van der Waals surface area contributed by atoms with Crippen LogP contribution in [0.1, 0.15) is 69.2 Å². The summed E-state index contributed by atoms with van der Waals surface area (Å²) < 4.78 is 0. The Balaban J connectivity index is -0.0000000899. The second kappa shape index (κ2) is 21.2. The van der Waals surface area contributed by atoms with Crippen LogP contribution in [-0.2, 0) is 31.9 Å². The summed E-state index contributed by atoms with van der Waals surface area (Å²) in [4.78, 5) is 0. The summed E-state index contributed by atoms with van der Waals surface area (Å²) in [5.41, 5.74) is -0.442. The van der Waals surface area contributed by atoms with Crippen LogP contribution in [0.25, 0.3) is 10.6 Å². The van der Waals surface area contributed by atoms with Gasteiger partial charge in [-0.2, -0.15) is 38.8 Å². The van der Waals surface area contributed by atoms with Gasteiger partial charge in [-0.3, -0.25) is 0 Å². The van der Waals surface area contributed by atoms with E-state index in [1.807, 2.05) is 69.2 Å². The third-order valence-corrected chi connectivity index (χ3v) is 1.88. The molecule has 27 heavy (non-hydrogen) atoms. The number of hydrogen-bond donors (Lipinski definition) is 0. The van der Waals surface area contributed by atoms with Crippen molar-refractivity contribution in [1.82, 2.24) is 10.6 Å². The molecular formula is C20H44N4O2Ti+2. The van der Waals surface area contributed by atoms with Gasteiger partial charge in [0.15, 0.2) is 0 Å². The number of hydrogen-bond acceptors (Lipinski definition) is 0. The molecule has 0 atom stereocenters. The van der Waals surface area contributed by atoms with E-state index in [0.29, 0.717) is 0 Å². The molecule has 0 fully saturated rings. The van der Waals surface area contributed by atoms with Crippen molar-refractivity contribution in [2.75, 3.05) is 28.2 Å². The Morgan fingerprint density at radius 1 is 0.630 bits per heavy atom. The van der Waals surface area contributed by atoms with Crippen molar-refractivity contribution in [3.05, 3.63) is 23.1 Å². The Hall–Kier alpha value is 0.474. The molecule has 0 unspecified atom stereocenters. The van der Waals surface area contributed by atoms with Crippen molar-refractivity contribution in [2.45, 2.75) is 80.3 Å². The molecule has 0 rings (SSSR count). The first-order valence-electron chi connectivity index (χ1n) is 8.98. The standard InChI is InChI=1S/2C8H16NO.2C2H6N.Ti/c2*1-6(2)7(10)9-8(3,4)5;2*1-3-2;/h2*6H,1-5H3;2*1-2H3;/q;;2*-1;+4. The zero-order valence-corrected chi connectivity index (χ0v) is 21.8. The van der Waals surface area contributed by atoms with E-state index < -0.39 is 0 Å². The van der Waals surface area contributed by atoms with Crippen molar-refractivity contribution >= 4 is 0 Å². The summed E-state index contributed by atoms with van der Waals surface area (Å²) in [7, 11) is 7.00. The van der Waals surface area contributed by atoms with Gasteiger partial charge in [0, 0.05) is 22.9 Å². The third-order valence-electron chi connectivity index (χ3n) is 1.88. The van der Waals surface area contributed by atoms with Gasteiger partial charge in [-0.1, -0.05) is 27.7 Å². The topological polar surface area (TPSA) is 96.2 Å². The van der Waals surface area contributed by atoms with E-state index in [0.717, 1.165) is 0 Å². The first-order valence-corrected chi connectivity index (χ1v) is 8.98. The Morgan fingerprint density at radius 3 is 0.815 bits per heavy atom. The molecule has 0 aliphatic rings. The van der Waals surface area contributed by atoms with Crippen molar-refractivity contribution in [3.8, 4) is 0 Å². The van der Waals surface area contributed by atoms with Gasteiger partial charge >= 0.3 is 21.7 Å². The van der Waals surface area contributed by atoms with E-state index in [4.69, 9.17) is 0 Å². The van der Waals surface area contributed by atoms with Crippen LogP contribution in [-0.4, -0.2) is 39.3 Å². The van der Waals surface area contributed by atoms with Crippen LogP contribution >= 0.6 is 0 Å². The van der Waals surface area contributed by atoms with Crippen LogP contribution in [0.2, 0.25) is 0 Å². The molecule has 0 aromatic rings. The number of rotatable bonds is 4. The van der Waals surface area contributed by atoms with Gasteiger partial charge in [0.1, 0.15) is 0 Å². The minimum absolute atomic E-state index is 0. The van der Waals surface area contributed by atoms with Crippen LogP contribution in [0.3, 0.4) is 0 Å². The Bertz CT molecular complexity index is 250. The smallest absolute Gasteiger partial charge is 0.668 e. The van der Waals surface area contributed by atoms with Crippen LogP contribution < -0.4 is 10.6 Å². The molecule has 0 spiro atoms.